The van der Waals surface area contributed by atoms with Crippen molar-refractivity contribution >= 4 is 43.1 Å². The van der Waals surface area contributed by atoms with Gasteiger partial charge in [-0.3, -0.25) is 0 Å². The Bertz CT molecular complexity index is 2210. The summed E-state index contributed by atoms with van der Waals surface area (Å²) < 4.78 is 0. The normalized spacial score (nSPS) is 12.0. The van der Waals surface area contributed by atoms with Gasteiger partial charge in [0.1, 0.15) is 0 Å². The first-order valence-corrected chi connectivity index (χ1v) is 15.5. The van der Waals surface area contributed by atoms with Crippen LogP contribution in [0.1, 0.15) is 26.3 Å². The molecule has 0 nitrogen and oxygen atoms in total. The summed E-state index contributed by atoms with van der Waals surface area (Å²) in [5.74, 6) is 0. The minimum absolute atomic E-state index is 0.114. The molecule has 0 heteroatoms. The maximum Gasteiger partial charge on any atom is -0.00268 e. The van der Waals surface area contributed by atoms with Gasteiger partial charge in [-0.1, -0.05) is 142 Å². The molecule has 8 aromatic carbocycles. The summed E-state index contributed by atoms with van der Waals surface area (Å²) in [4.78, 5) is 0. The molecule has 0 aliphatic rings. The van der Waals surface area contributed by atoms with Crippen molar-refractivity contribution in [3.8, 4) is 33.4 Å². The summed E-state index contributed by atoms with van der Waals surface area (Å²) in [6, 6.07) is 56.3. The quantitative estimate of drug-likeness (QED) is 0.188. The van der Waals surface area contributed by atoms with Crippen LogP contribution >= 0.6 is 0 Å². The number of hydrogen-bond donors (Lipinski definition) is 0. The molecule has 0 spiro atoms. The van der Waals surface area contributed by atoms with Crippen LogP contribution in [0.2, 0.25) is 0 Å². The van der Waals surface area contributed by atoms with Crippen molar-refractivity contribution in [2.24, 2.45) is 0 Å². The zero-order chi connectivity index (χ0) is 29.8. The van der Waals surface area contributed by atoms with Gasteiger partial charge in [-0.25, -0.2) is 0 Å². The Kier molecular flexibility index (Phi) is 6.13. The van der Waals surface area contributed by atoms with Gasteiger partial charge in [0.15, 0.2) is 0 Å². The van der Waals surface area contributed by atoms with Crippen LogP contribution in [0, 0.1) is 0 Å². The molecule has 8 aromatic rings. The number of fused-ring (bicyclic) bond motifs is 4. The molecule has 0 fully saturated rings. The molecule has 0 saturated carbocycles. The summed E-state index contributed by atoms with van der Waals surface area (Å²) in [6.45, 7) is 6.83. The van der Waals surface area contributed by atoms with E-state index >= 15 is 0 Å². The Hall–Kier alpha value is -5.20. The molecule has 0 aliphatic carbocycles. The lowest BCUT2D eigenvalue weighted by molar-refractivity contribution is 0.590. The third kappa shape index (κ3) is 4.64. The van der Waals surface area contributed by atoms with E-state index < -0.39 is 0 Å². The van der Waals surface area contributed by atoms with E-state index in [0.29, 0.717) is 0 Å². The largest absolute Gasteiger partial charge is 0.0616 e. The van der Waals surface area contributed by atoms with E-state index in [4.69, 9.17) is 0 Å². The van der Waals surface area contributed by atoms with Gasteiger partial charge in [0.05, 0.1) is 0 Å². The number of benzene rings is 8. The van der Waals surface area contributed by atoms with Crippen LogP contribution in [0.25, 0.3) is 76.5 Å². The molecule has 0 saturated heterocycles. The highest BCUT2D eigenvalue weighted by atomic mass is 14.2. The van der Waals surface area contributed by atoms with Crippen molar-refractivity contribution in [3.63, 3.8) is 0 Å². The van der Waals surface area contributed by atoms with Crippen LogP contribution in [-0.4, -0.2) is 0 Å². The third-order valence-electron chi connectivity index (χ3n) is 9.16. The van der Waals surface area contributed by atoms with Crippen molar-refractivity contribution in [3.05, 3.63) is 157 Å². The summed E-state index contributed by atoms with van der Waals surface area (Å²) in [7, 11) is 0. The van der Waals surface area contributed by atoms with Gasteiger partial charge in [0.25, 0.3) is 0 Å². The zero-order valence-electron chi connectivity index (χ0n) is 25.4. The fourth-order valence-electron chi connectivity index (χ4n) is 6.68. The lowest BCUT2D eigenvalue weighted by Crippen LogP contribution is -2.10. The Labute approximate surface area is 259 Å². The van der Waals surface area contributed by atoms with Crippen LogP contribution in [0.5, 0.6) is 0 Å². The average Bonchev–Trinajstić information content (AvgIpc) is 3.06. The molecular formula is C44H34. The maximum absolute atomic E-state index is 2.38. The van der Waals surface area contributed by atoms with E-state index in [1.165, 1.54) is 82.0 Å². The highest BCUT2D eigenvalue weighted by molar-refractivity contribution is 6.14. The van der Waals surface area contributed by atoms with E-state index in [1.807, 2.05) is 0 Å². The van der Waals surface area contributed by atoms with E-state index in [1.54, 1.807) is 0 Å². The number of hydrogen-bond acceptors (Lipinski definition) is 0. The second-order valence-electron chi connectivity index (χ2n) is 13.1. The highest BCUT2D eigenvalue weighted by Gasteiger charge is 2.16. The molecule has 0 radical (unpaired) electrons. The van der Waals surface area contributed by atoms with Gasteiger partial charge in [0.2, 0.25) is 0 Å². The molecule has 8 rings (SSSR count). The molecule has 44 heavy (non-hydrogen) atoms. The van der Waals surface area contributed by atoms with Gasteiger partial charge < -0.3 is 0 Å². The van der Waals surface area contributed by atoms with Crippen molar-refractivity contribution in [2.75, 3.05) is 0 Å². The Morgan fingerprint density at radius 1 is 0.318 bits per heavy atom. The molecule has 210 valence electrons. The molecule has 0 aromatic heterocycles. The Balaban J connectivity index is 1.34. The van der Waals surface area contributed by atoms with E-state index in [-0.39, 0.29) is 5.41 Å². The van der Waals surface area contributed by atoms with Crippen molar-refractivity contribution in [1.82, 2.24) is 0 Å². The van der Waals surface area contributed by atoms with Gasteiger partial charge in [-0.05, 0) is 118 Å². The minimum Gasteiger partial charge on any atom is -0.0616 e. The summed E-state index contributed by atoms with van der Waals surface area (Å²) >= 11 is 0. The lowest BCUT2D eigenvalue weighted by atomic mass is 9.84. The molecular weight excluding hydrogens is 528 g/mol. The number of rotatable bonds is 3. The summed E-state index contributed by atoms with van der Waals surface area (Å²) in [5, 5.41) is 10.2. The lowest BCUT2D eigenvalue weighted by Gasteiger charge is -2.20. The molecule has 0 aliphatic heterocycles. The molecule has 0 heterocycles. The predicted octanol–water partition coefficient (Wildman–Crippen LogP) is 12.6. The first-order valence-electron chi connectivity index (χ1n) is 15.5. The first kappa shape index (κ1) is 26.4. The molecule has 0 atom stereocenters. The van der Waals surface area contributed by atoms with Crippen LogP contribution in [0.3, 0.4) is 0 Å². The van der Waals surface area contributed by atoms with E-state index in [0.717, 1.165) is 0 Å². The standard InChI is InChI=1S/C44H34/c1-44(2,3)40-20-16-31(17-21-40)43-41-22-18-36(34-14-12-29-8-4-6-10-32(29)24-34)26-38(41)28-39-27-37(19-23-42(39)43)35-15-13-30-9-5-7-11-33(30)25-35/h4-28H,1-3H3. The SMILES string of the molecule is CC(C)(C)c1ccc(-c2c3ccc(-c4ccc5ccccc5c4)cc3cc3cc(-c4ccc5ccccc5c4)ccc23)cc1. The zero-order valence-corrected chi connectivity index (χ0v) is 25.4. The van der Waals surface area contributed by atoms with Crippen molar-refractivity contribution in [2.45, 2.75) is 26.2 Å². The molecule has 0 amide bonds. The van der Waals surface area contributed by atoms with Crippen LogP contribution in [0.15, 0.2) is 152 Å². The van der Waals surface area contributed by atoms with E-state index in [2.05, 4.69) is 172 Å². The minimum atomic E-state index is 0.114. The smallest absolute Gasteiger partial charge is 0.00268 e. The highest BCUT2D eigenvalue weighted by Crippen LogP contribution is 2.40. The van der Waals surface area contributed by atoms with Crippen LogP contribution in [-0.2, 0) is 5.41 Å². The summed E-state index contributed by atoms with van der Waals surface area (Å²) in [6.07, 6.45) is 0. The van der Waals surface area contributed by atoms with Crippen LogP contribution < -0.4 is 0 Å². The second-order valence-corrected chi connectivity index (χ2v) is 13.1. The van der Waals surface area contributed by atoms with Gasteiger partial charge >= 0.3 is 0 Å². The van der Waals surface area contributed by atoms with Gasteiger partial charge in [-0.15, -0.1) is 0 Å². The maximum atomic E-state index is 2.38. The Morgan fingerprint density at radius 2 is 0.705 bits per heavy atom. The fourth-order valence-corrected chi connectivity index (χ4v) is 6.68. The second kappa shape index (κ2) is 10.2. The van der Waals surface area contributed by atoms with Crippen molar-refractivity contribution < 1.29 is 0 Å². The first-order chi connectivity index (χ1) is 21.4. The molecule has 0 unspecified atom stereocenters. The van der Waals surface area contributed by atoms with Crippen molar-refractivity contribution in [1.29, 1.82) is 0 Å². The molecule has 0 bridgehead atoms. The topological polar surface area (TPSA) is 0 Å². The van der Waals surface area contributed by atoms with Gasteiger partial charge in [0, 0.05) is 0 Å². The van der Waals surface area contributed by atoms with Gasteiger partial charge in [-0.2, -0.15) is 0 Å². The average molecular weight is 563 g/mol. The van der Waals surface area contributed by atoms with E-state index in [9.17, 15) is 0 Å². The Morgan fingerprint density at radius 3 is 1.16 bits per heavy atom. The van der Waals surface area contributed by atoms with Crippen LogP contribution in [0.4, 0.5) is 0 Å². The predicted molar refractivity (Wildman–Crippen MR) is 191 cm³/mol. The summed E-state index contributed by atoms with van der Waals surface area (Å²) in [5.41, 5.74) is 8.98. The third-order valence-corrected chi connectivity index (χ3v) is 9.16. The fraction of sp³-hybridized carbons (Fsp3) is 0.0909. The monoisotopic (exact) mass is 562 g/mol. The molecule has 0 N–H and O–H groups in total.